The molecular formula is C15H18N2O2. The highest BCUT2D eigenvalue weighted by Gasteiger charge is 2.22. The molecule has 1 aliphatic rings. The number of phenolic OH excluding ortho intramolecular Hbond substituents is 1. The van der Waals surface area contributed by atoms with Crippen molar-refractivity contribution in [3.8, 4) is 17.1 Å². The van der Waals surface area contributed by atoms with E-state index in [1.54, 1.807) is 18.3 Å². The van der Waals surface area contributed by atoms with Gasteiger partial charge in [-0.15, -0.1) is 0 Å². The number of nitrogens with zero attached hydrogens (tertiary/aromatic N) is 2. The minimum absolute atomic E-state index is 0.149. The van der Waals surface area contributed by atoms with Crippen molar-refractivity contribution < 1.29 is 10.2 Å². The lowest BCUT2D eigenvalue weighted by Crippen LogP contribution is -2.21. The molecule has 4 nitrogen and oxygen atoms in total. The number of aromatic hydroxyl groups is 1. The van der Waals surface area contributed by atoms with Gasteiger partial charge in [0.2, 0.25) is 0 Å². The molecule has 2 N–H and O–H groups in total. The second kappa shape index (κ2) is 5.05. The van der Waals surface area contributed by atoms with Gasteiger partial charge in [0.1, 0.15) is 11.6 Å². The quantitative estimate of drug-likeness (QED) is 0.870. The number of benzene rings is 1. The SMILES string of the molecule is Oc1cccc(-c2nccn2C2CCC(O)CC2)c1. The topological polar surface area (TPSA) is 58.3 Å². The van der Waals surface area contributed by atoms with Crippen LogP contribution in [0.15, 0.2) is 36.7 Å². The highest BCUT2D eigenvalue weighted by atomic mass is 16.3. The Morgan fingerprint density at radius 2 is 1.95 bits per heavy atom. The second-order valence-corrected chi connectivity index (χ2v) is 5.17. The maximum absolute atomic E-state index is 9.59. The van der Waals surface area contributed by atoms with E-state index in [1.165, 1.54) is 0 Å². The van der Waals surface area contributed by atoms with Crippen LogP contribution in [-0.4, -0.2) is 25.9 Å². The highest BCUT2D eigenvalue weighted by molar-refractivity contribution is 5.58. The number of imidazole rings is 1. The van der Waals surface area contributed by atoms with Crippen LogP contribution in [0.2, 0.25) is 0 Å². The Balaban J connectivity index is 1.90. The molecule has 1 aromatic heterocycles. The third-order valence-electron chi connectivity index (χ3n) is 3.83. The molecule has 1 aliphatic carbocycles. The van der Waals surface area contributed by atoms with E-state index in [1.807, 2.05) is 18.3 Å². The van der Waals surface area contributed by atoms with Crippen LogP contribution in [0.4, 0.5) is 0 Å². The molecule has 0 atom stereocenters. The summed E-state index contributed by atoms with van der Waals surface area (Å²) in [6, 6.07) is 7.57. The summed E-state index contributed by atoms with van der Waals surface area (Å²) in [5.74, 6) is 1.14. The Labute approximate surface area is 112 Å². The summed E-state index contributed by atoms with van der Waals surface area (Å²) >= 11 is 0. The van der Waals surface area contributed by atoms with Crippen molar-refractivity contribution in [2.45, 2.75) is 37.8 Å². The summed E-state index contributed by atoms with van der Waals surface area (Å²) in [6.07, 6.45) is 7.28. The largest absolute Gasteiger partial charge is 0.508 e. The van der Waals surface area contributed by atoms with Crippen molar-refractivity contribution in [2.75, 3.05) is 0 Å². The van der Waals surface area contributed by atoms with E-state index in [9.17, 15) is 10.2 Å². The number of aliphatic hydroxyl groups excluding tert-OH is 1. The smallest absolute Gasteiger partial charge is 0.140 e. The number of phenols is 1. The van der Waals surface area contributed by atoms with E-state index in [4.69, 9.17) is 0 Å². The van der Waals surface area contributed by atoms with Gasteiger partial charge in [0.15, 0.2) is 0 Å². The molecule has 0 spiro atoms. The Morgan fingerprint density at radius 3 is 2.68 bits per heavy atom. The Kier molecular flexibility index (Phi) is 3.25. The number of aliphatic hydroxyl groups is 1. The molecule has 100 valence electrons. The van der Waals surface area contributed by atoms with Crippen LogP contribution < -0.4 is 0 Å². The average Bonchev–Trinajstić information content (AvgIpc) is 2.89. The number of hydrogen-bond donors (Lipinski definition) is 2. The number of aromatic nitrogens is 2. The normalized spacial score (nSPS) is 23.4. The van der Waals surface area contributed by atoms with Crippen molar-refractivity contribution in [3.05, 3.63) is 36.7 Å². The van der Waals surface area contributed by atoms with Crippen LogP contribution in [0, 0.1) is 0 Å². The van der Waals surface area contributed by atoms with E-state index < -0.39 is 0 Å². The van der Waals surface area contributed by atoms with Crippen molar-refractivity contribution in [1.29, 1.82) is 0 Å². The molecule has 0 amide bonds. The second-order valence-electron chi connectivity index (χ2n) is 5.17. The zero-order valence-electron chi connectivity index (χ0n) is 10.7. The lowest BCUT2D eigenvalue weighted by Gasteiger charge is -2.27. The average molecular weight is 258 g/mol. The predicted octanol–water partition coefficient (Wildman–Crippen LogP) is 2.73. The molecule has 1 heterocycles. The van der Waals surface area contributed by atoms with Gasteiger partial charge in [-0.25, -0.2) is 4.98 Å². The number of hydrogen-bond acceptors (Lipinski definition) is 3. The molecule has 1 aromatic carbocycles. The Hall–Kier alpha value is -1.81. The molecular weight excluding hydrogens is 240 g/mol. The third-order valence-corrected chi connectivity index (χ3v) is 3.83. The zero-order valence-corrected chi connectivity index (χ0v) is 10.7. The molecule has 0 saturated heterocycles. The van der Waals surface area contributed by atoms with Crippen LogP contribution in [0.1, 0.15) is 31.7 Å². The number of rotatable bonds is 2. The lowest BCUT2D eigenvalue weighted by atomic mass is 9.93. The molecule has 0 bridgehead atoms. The van der Waals surface area contributed by atoms with Crippen LogP contribution >= 0.6 is 0 Å². The van der Waals surface area contributed by atoms with Gasteiger partial charge >= 0.3 is 0 Å². The van der Waals surface area contributed by atoms with Gasteiger partial charge in [-0.1, -0.05) is 12.1 Å². The minimum Gasteiger partial charge on any atom is -0.508 e. The summed E-state index contributed by atoms with van der Waals surface area (Å²) in [5.41, 5.74) is 0.927. The molecule has 1 fully saturated rings. The van der Waals surface area contributed by atoms with Crippen molar-refractivity contribution >= 4 is 0 Å². The van der Waals surface area contributed by atoms with Gasteiger partial charge in [0.05, 0.1) is 6.10 Å². The maximum atomic E-state index is 9.59. The first-order valence-corrected chi connectivity index (χ1v) is 6.74. The van der Waals surface area contributed by atoms with E-state index in [2.05, 4.69) is 9.55 Å². The summed E-state index contributed by atoms with van der Waals surface area (Å²) in [7, 11) is 0. The van der Waals surface area contributed by atoms with Gasteiger partial charge in [-0.05, 0) is 37.8 Å². The van der Waals surface area contributed by atoms with Crippen LogP contribution in [-0.2, 0) is 0 Å². The van der Waals surface area contributed by atoms with E-state index in [0.29, 0.717) is 6.04 Å². The van der Waals surface area contributed by atoms with Crippen LogP contribution in [0.3, 0.4) is 0 Å². The molecule has 1 saturated carbocycles. The Bertz CT molecular complexity index is 557. The molecule has 4 heteroatoms. The van der Waals surface area contributed by atoms with Crippen LogP contribution in [0.5, 0.6) is 5.75 Å². The molecule has 2 aromatic rings. The zero-order chi connectivity index (χ0) is 13.2. The van der Waals surface area contributed by atoms with Crippen LogP contribution in [0.25, 0.3) is 11.4 Å². The van der Waals surface area contributed by atoms with Gasteiger partial charge in [0, 0.05) is 24.0 Å². The van der Waals surface area contributed by atoms with Crippen molar-refractivity contribution in [1.82, 2.24) is 9.55 Å². The monoisotopic (exact) mass is 258 g/mol. The standard InChI is InChI=1S/C15H18N2O2/c18-13-6-4-12(5-7-13)17-9-8-16-15(17)11-2-1-3-14(19)10-11/h1-3,8-10,12-13,18-19H,4-7H2. The summed E-state index contributed by atoms with van der Waals surface area (Å²) in [6.45, 7) is 0. The first-order chi connectivity index (χ1) is 9.24. The summed E-state index contributed by atoms with van der Waals surface area (Å²) in [5, 5.41) is 19.2. The highest BCUT2D eigenvalue weighted by Crippen LogP contribution is 2.32. The lowest BCUT2D eigenvalue weighted by molar-refractivity contribution is 0.111. The molecule has 3 rings (SSSR count). The Morgan fingerprint density at radius 1 is 1.16 bits per heavy atom. The van der Waals surface area contributed by atoms with Gasteiger partial charge < -0.3 is 14.8 Å². The fourth-order valence-corrected chi connectivity index (χ4v) is 2.81. The van der Waals surface area contributed by atoms with Gasteiger partial charge in [0.25, 0.3) is 0 Å². The molecule has 0 unspecified atom stereocenters. The van der Waals surface area contributed by atoms with Crippen molar-refractivity contribution in [2.24, 2.45) is 0 Å². The van der Waals surface area contributed by atoms with Gasteiger partial charge in [-0.3, -0.25) is 0 Å². The molecule has 0 radical (unpaired) electrons. The minimum atomic E-state index is -0.149. The first-order valence-electron chi connectivity index (χ1n) is 6.74. The third kappa shape index (κ3) is 2.49. The van der Waals surface area contributed by atoms with Crippen molar-refractivity contribution in [3.63, 3.8) is 0 Å². The fraction of sp³-hybridized carbons (Fsp3) is 0.400. The first kappa shape index (κ1) is 12.2. The molecule has 19 heavy (non-hydrogen) atoms. The molecule has 0 aliphatic heterocycles. The van der Waals surface area contributed by atoms with E-state index >= 15 is 0 Å². The fourth-order valence-electron chi connectivity index (χ4n) is 2.81. The van der Waals surface area contributed by atoms with E-state index in [-0.39, 0.29) is 11.9 Å². The van der Waals surface area contributed by atoms with Gasteiger partial charge in [-0.2, -0.15) is 0 Å². The maximum Gasteiger partial charge on any atom is 0.140 e. The van der Waals surface area contributed by atoms with E-state index in [0.717, 1.165) is 37.1 Å². The summed E-state index contributed by atoms with van der Waals surface area (Å²) < 4.78 is 2.17. The predicted molar refractivity (Wildman–Crippen MR) is 72.8 cm³/mol. The summed E-state index contributed by atoms with van der Waals surface area (Å²) in [4.78, 5) is 4.41.